The summed E-state index contributed by atoms with van der Waals surface area (Å²) in [6.45, 7) is 5.59. The molecule has 1 atom stereocenters. The van der Waals surface area contributed by atoms with Crippen LogP contribution in [0.1, 0.15) is 6.92 Å². The van der Waals surface area contributed by atoms with Gasteiger partial charge >= 0.3 is 0 Å². The van der Waals surface area contributed by atoms with Gasteiger partial charge in [0.25, 0.3) is 5.91 Å². The molecule has 3 rings (SSSR count). The molecule has 0 aliphatic carbocycles. The van der Waals surface area contributed by atoms with Gasteiger partial charge in [-0.25, -0.2) is 0 Å². The highest BCUT2D eigenvalue weighted by Crippen LogP contribution is 2.21. The number of rotatable bonds is 4. The number of carbonyl (C=O) groups excluding carboxylic acids is 1. The Morgan fingerprint density at radius 3 is 2.52 bits per heavy atom. The van der Waals surface area contributed by atoms with Crippen molar-refractivity contribution in [3.8, 4) is 0 Å². The normalized spacial score (nSPS) is 16.5. The van der Waals surface area contributed by atoms with Crippen LogP contribution in [0.25, 0.3) is 0 Å². The summed E-state index contributed by atoms with van der Waals surface area (Å²) in [5.41, 5.74) is 1.80. The van der Waals surface area contributed by atoms with Crippen molar-refractivity contribution in [3.63, 3.8) is 0 Å². The van der Waals surface area contributed by atoms with E-state index in [0.29, 0.717) is 10.7 Å². The molecule has 0 radical (unpaired) electrons. The minimum atomic E-state index is -0.127. The van der Waals surface area contributed by atoms with Gasteiger partial charge in [0.15, 0.2) is 6.04 Å². The Balaban J connectivity index is 1.57. The Hall–Kier alpha value is -1.75. The molecule has 1 aliphatic heterocycles. The molecule has 1 amide bonds. The lowest BCUT2D eigenvalue weighted by molar-refractivity contribution is -0.914. The first-order valence-electron chi connectivity index (χ1n) is 8.45. The molecule has 132 valence electrons. The van der Waals surface area contributed by atoms with Crippen molar-refractivity contribution in [3.05, 3.63) is 58.6 Å². The molecule has 4 nitrogen and oxygen atoms in total. The van der Waals surface area contributed by atoms with Gasteiger partial charge in [0.1, 0.15) is 0 Å². The highest BCUT2D eigenvalue weighted by atomic mass is 35.5. The van der Waals surface area contributed by atoms with E-state index in [-0.39, 0.29) is 11.9 Å². The van der Waals surface area contributed by atoms with E-state index in [9.17, 15) is 4.79 Å². The largest absolute Gasteiger partial charge is 0.360 e. The number of piperazine rings is 1. The zero-order valence-electron chi connectivity index (χ0n) is 14.1. The zero-order chi connectivity index (χ0) is 17.8. The van der Waals surface area contributed by atoms with Crippen molar-refractivity contribution < 1.29 is 9.69 Å². The molecule has 6 heteroatoms. The monoisotopic (exact) mass is 378 g/mol. The van der Waals surface area contributed by atoms with Gasteiger partial charge in [-0.2, -0.15) is 0 Å². The third kappa shape index (κ3) is 4.46. The van der Waals surface area contributed by atoms with Crippen LogP contribution in [0.15, 0.2) is 48.5 Å². The molecule has 0 saturated carbocycles. The van der Waals surface area contributed by atoms with E-state index in [1.165, 1.54) is 4.90 Å². The quantitative estimate of drug-likeness (QED) is 0.857. The third-order valence-corrected chi connectivity index (χ3v) is 5.28. The molecular weight excluding hydrogens is 357 g/mol. The molecule has 1 heterocycles. The van der Waals surface area contributed by atoms with Crippen LogP contribution in [-0.2, 0) is 4.79 Å². The molecule has 2 N–H and O–H groups in total. The topological polar surface area (TPSA) is 36.8 Å². The maximum atomic E-state index is 12.5. The second kappa shape index (κ2) is 8.09. The number of para-hydroxylation sites is 1. The average Bonchev–Trinajstić information content (AvgIpc) is 2.63. The fourth-order valence-corrected chi connectivity index (χ4v) is 3.51. The fraction of sp³-hybridized carbons (Fsp3) is 0.316. The van der Waals surface area contributed by atoms with Crippen LogP contribution in [0.2, 0.25) is 10.0 Å². The summed E-state index contributed by atoms with van der Waals surface area (Å²) in [5, 5.41) is 4.24. The van der Waals surface area contributed by atoms with Gasteiger partial charge in [0.2, 0.25) is 0 Å². The second-order valence-corrected chi connectivity index (χ2v) is 7.16. The first-order chi connectivity index (χ1) is 12.0. The van der Waals surface area contributed by atoms with Crippen LogP contribution in [-0.4, -0.2) is 38.1 Å². The number of hydrogen-bond donors (Lipinski definition) is 2. The Morgan fingerprint density at radius 1 is 1.12 bits per heavy atom. The van der Waals surface area contributed by atoms with Crippen molar-refractivity contribution >= 4 is 40.5 Å². The lowest BCUT2D eigenvalue weighted by Gasteiger charge is -2.36. The van der Waals surface area contributed by atoms with Crippen LogP contribution in [0.5, 0.6) is 0 Å². The first kappa shape index (κ1) is 18.1. The summed E-state index contributed by atoms with van der Waals surface area (Å²) in [4.78, 5) is 16.1. The summed E-state index contributed by atoms with van der Waals surface area (Å²) in [6.07, 6.45) is 0. The van der Waals surface area contributed by atoms with Gasteiger partial charge in [0.05, 0.1) is 36.9 Å². The number of amides is 1. The van der Waals surface area contributed by atoms with Gasteiger partial charge in [0, 0.05) is 10.7 Å². The molecule has 1 fully saturated rings. The minimum absolute atomic E-state index is 0.000643. The SMILES string of the molecule is C[C@@H](C(=O)Nc1ccccc1Cl)[NH+]1CCN(c2cccc(Cl)c2)CC1. The van der Waals surface area contributed by atoms with Crippen molar-refractivity contribution in [2.75, 3.05) is 36.4 Å². The predicted molar refractivity (Wildman–Crippen MR) is 104 cm³/mol. The molecule has 25 heavy (non-hydrogen) atoms. The van der Waals surface area contributed by atoms with Crippen LogP contribution in [0.4, 0.5) is 11.4 Å². The molecule has 0 bridgehead atoms. The van der Waals surface area contributed by atoms with Gasteiger partial charge in [-0.05, 0) is 37.3 Å². The summed E-state index contributed by atoms with van der Waals surface area (Å²) >= 11 is 12.2. The van der Waals surface area contributed by atoms with E-state index in [2.05, 4.69) is 16.3 Å². The van der Waals surface area contributed by atoms with Gasteiger partial charge in [-0.1, -0.05) is 41.4 Å². The molecule has 1 aliphatic rings. The van der Waals surface area contributed by atoms with Crippen molar-refractivity contribution in [2.24, 2.45) is 0 Å². The molecule has 0 aromatic heterocycles. The second-order valence-electron chi connectivity index (χ2n) is 6.32. The van der Waals surface area contributed by atoms with Gasteiger partial charge in [-0.3, -0.25) is 4.79 Å². The summed E-state index contributed by atoms with van der Waals surface area (Å²) in [5.74, 6) is -0.000643. The van der Waals surface area contributed by atoms with E-state index in [1.54, 1.807) is 6.07 Å². The van der Waals surface area contributed by atoms with Gasteiger partial charge in [-0.15, -0.1) is 0 Å². The maximum absolute atomic E-state index is 12.5. The maximum Gasteiger partial charge on any atom is 0.282 e. The molecule has 1 saturated heterocycles. The van der Waals surface area contributed by atoms with Crippen LogP contribution < -0.4 is 15.1 Å². The standard InChI is InChI=1S/C19H21Cl2N3O/c1-14(19(25)22-18-8-3-2-7-17(18)21)23-9-11-24(12-10-23)16-6-4-5-15(20)13-16/h2-8,13-14H,9-12H2,1H3,(H,22,25)/p+1/t14-/m0/s1. The lowest BCUT2D eigenvalue weighted by atomic mass is 10.2. The number of nitrogens with one attached hydrogen (secondary N) is 2. The Kier molecular flexibility index (Phi) is 5.84. The lowest BCUT2D eigenvalue weighted by Crippen LogP contribution is -3.19. The summed E-state index contributed by atoms with van der Waals surface area (Å²) < 4.78 is 0. The number of halogens is 2. The van der Waals surface area contributed by atoms with E-state index >= 15 is 0 Å². The minimum Gasteiger partial charge on any atom is -0.360 e. The first-order valence-corrected chi connectivity index (χ1v) is 9.20. The number of quaternary nitrogens is 1. The predicted octanol–water partition coefficient (Wildman–Crippen LogP) is 2.73. The molecule has 0 unspecified atom stereocenters. The number of anilines is 2. The van der Waals surface area contributed by atoms with Crippen molar-refractivity contribution in [1.29, 1.82) is 0 Å². The highest BCUT2D eigenvalue weighted by molar-refractivity contribution is 6.33. The van der Waals surface area contributed by atoms with Gasteiger partial charge < -0.3 is 15.1 Å². The smallest absolute Gasteiger partial charge is 0.282 e. The number of carbonyl (C=O) groups is 1. The number of nitrogens with zero attached hydrogens (tertiary/aromatic N) is 1. The highest BCUT2D eigenvalue weighted by Gasteiger charge is 2.29. The Labute approximate surface area is 158 Å². The summed E-state index contributed by atoms with van der Waals surface area (Å²) in [7, 11) is 0. The summed E-state index contributed by atoms with van der Waals surface area (Å²) in [6, 6.07) is 15.1. The van der Waals surface area contributed by atoms with Crippen LogP contribution >= 0.6 is 23.2 Å². The number of benzene rings is 2. The number of hydrogen-bond acceptors (Lipinski definition) is 2. The van der Waals surface area contributed by atoms with E-state index in [0.717, 1.165) is 36.9 Å². The van der Waals surface area contributed by atoms with E-state index in [1.807, 2.05) is 43.3 Å². The Morgan fingerprint density at radius 2 is 1.84 bits per heavy atom. The van der Waals surface area contributed by atoms with Crippen molar-refractivity contribution in [1.82, 2.24) is 0 Å². The average molecular weight is 379 g/mol. The molecular formula is C19H22Cl2N3O+. The van der Waals surface area contributed by atoms with E-state index in [4.69, 9.17) is 23.2 Å². The van der Waals surface area contributed by atoms with E-state index < -0.39 is 0 Å². The molecule has 0 spiro atoms. The third-order valence-electron chi connectivity index (χ3n) is 4.72. The van der Waals surface area contributed by atoms with Crippen LogP contribution in [0, 0.1) is 0 Å². The van der Waals surface area contributed by atoms with Crippen LogP contribution in [0.3, 0.4) is 0 Å². The fourth-order valence-electron chi connectivity index (χ4n) is 3.15. The van der Waals surface area contributed by atoms with Crippen molar-refractivity contribution in [2.45, 2.75) is 13.0 Å². The Bertz CT molecular complexity index is 745. The molecule has 2 aromatic carbocycles. The molecule has 2 aromatic rings. The zero-order valence-corrected chi connectivity index (χ0v) is 15.6.